The first-order valence-corrected chi connectivity index (χ1v) is 11.4. The van der Waals surface area contributed by atoms with Gasteiger partial charge in [0.1, 0.15) is 6.33 Å². The molecule has 2 aromatic heterocycles. The molecule has 178 valence electrons. The molecule has 0 fully saturated rings. The Kier molecular flexibility index (Phi) is 6.84. The minimum atomic E-state index is 0.415. The van der Waals surface area contributed by atoms with Gasteiger partial charge in [0.25, 0.3) is 0 Å². The second kappa shape index (κ2) is 10.9. The number of nitrogens with zero attached hydrogens (tertiary/aromatic N) is 6. The molecule has 10 heteroatoms. The quantitative estimate of drug-likeness (QED) is 0.175. The van der Waals surface area contributed by atoms with Crippen molar-refractivity contribution in [2.24, 2.45) is 5.10 Å². The van der Waals surface area contributed by atoms with Crippen LogP contribution in [0, 0.1) is 5.41 Å². The lowest BCUT2D eigenvalue weighted by molar-refractivity contribution is 0.749. The van der Waals surface area contributed by atoms with E-state index in [1.807, 2.05) is 71.3 Å². The highest BCUT2D eigenvalue weighted by molar-refractivity contribution is 6.14. The average molecular weight is 477 g/mol. The summed E-state index contributed by atoms with van der Waals surface area (Å²) in [7, 11) is 0. The van der Waals surface area contributed by atoms with E-state index in [0.29, 0.717) is 30.9 Å². The summed E-state index contributed by atoms with van der Waals surface area (Å²) in [5.41, 5.74) is 7.63. The summed E-state index contributed by atoms with van der Waals surface area (Å²) in [6, 6.07) is 25.9. The maximum atomic E-state index is 6.98. The monoisotopic (exact) mass is 476 g/mol. The van der Waals surface area contributed by atoms with E-state index in [9.17, 15) is 0 Å². The van der Waals surface area contributed by atoms with Crippen molar-refractivity contribution in [3.63, 3.8) is 0 Å². The van der Waals surface area contributed by atoms with Crippen molar-refractivity contribution in [1.29, 1.82) is 5.41 Å². The van der Waals surface area contributed by atoms with E-state index in [1.54, 1.807) is 0 Å². The number of rotatable bonds is 10. The summed E-state index contributed by atoms with van der Waals surface area (Å²) in [5, 5.41) is 17.6. The van der Waals surface area contributed by atoms with Crippen LogP contribution in [-0.4, -0.2) is 36.9 Å². The zero-order chi connectivity index (χ0) is 24.6. The molecule has 36 heavy (non-hydrogen) atoms. The van der Waals surface area contributed by atoms with Crippen molar-refractivity contribution in [2.45, 2.75) is 13.1 Å². The second-order valence-corrected chi connectivity index (χ2v) is 7.81. The number of para-hydroxylation sites is 2. The Balaban J connectivity index is 1.41. The van der Waals surface area contributed by atoms with Crippen molar-refractivity contribution in [1.82, 2.24) is 29.9 Å². The molecule has 0 saturated carbocycles. The maximum Gasteiger partial charge on any atom is 0.241 e. The molecule has 10 nitrogen and oxygen atoms in total. The molecule has 0 aliphatic carbocycles. The zero-order valence-corrected chi connectivity index (χ0v) is 19.3. The number of imidazole rings is 1. The third-order valence-electron chi connectivity index (χ3n) is 5.32. The van der Waals surface area contributed by atoms with E-state index in [2.05, 4.69) is 48.2 Å². The minimum Gasteiger partial charge on any atom is -0.351 e. The molecule has 0 radical (unpaired) electrons. The fourth-order valence-corrected chi connectivity index (χ4v) is 3.69. The van der Waals surface area contributed by atoms with Crippen LogP contribution in [0.5, 0.6) is 0 Å². The first kappa shape index (κ1) is 22.7. The molecule has 0 unspecified atom stereocenters. The lowest BCUT2D eigenvalue weighted by atomic mass is 10.2. The molecule has 0 amide bonds. The van der Waals surface area contributed by atoms with Crippen LogP contribution >= 0.6 is 0 Å². The number of hydrogen-bond donors (Lipinski definition) is 4. The van der Waals surface area contributed by atoms with Gasteiger partial charge in [-0.15, -0.1) is 0 Å². The number of hydrazone groups is 1. The van der Waals surface area contributed by atoms with Gasteiger partial charge in [-0.05, 0) is 35.4 Å². The molecule has 0 spiro atoms. The van der Waals surface area contributed by atoms with Crippen LogP contribution in [0.2, 0.25) is 0 Å². The molecule has 0 aliphatic rings. The molecule has 5 aromatic rings. The van der Waals surface area contributed by atoms with Crippen molar-refractivity contribution in [2.75, 3.05) is 10.6 Å². The predicted octanol–water partition coefficient (Wildman–Crippen LogP) is 4.29. The summed E-state index contributed by atoms with van der Waals surface area (Å²) in [6.07, 6.45) is 3.99. The number of hydrogen-bond acceptors (Lipinski definition) is 9. The summed E-state index contributed by atoms with van der Waals surface area (Å²) < 4.78 is 1.90. The lowest BCUT2D eigenvalue weighted by Crippen LogP contribution is -2.10. The fourth-order valence-electron chi connectivity index (χ4n) is 3.69. The highest BCUT2D eigenvalue weighted by Gasteiger charge is 2.15. The highest BCUT2D eigenvalue weighted by Crippen LogP contribution is 2.24. The normalized spacial score (nSPS) is 11.0. The van der Waals surface area contributed by atoms with Gasteiger partial charge in [0, 0.05) is 18.4 Å². The van der Waals surface area contributed by atoms with Crippen molar-refractivity contribution in [3.8, 4) is 5.95 Å². The van der Waals surface area contributed by atoms with Crippen molar-refractivity contribution >= 4 is 41.0 Å². The van der Waals surface area contributed by atoms with Crippen LogP contribution in [0.3, 0.4) is 0 Å². The standard InChI is InChI=1S/C26H24N10/c27-13-14-31-32-17-20-9-6-10-21(15-20)33-24-29-18-30-26(35-24)36-23-12-5-4-11-22(23)34-25(36)28-16-19-7-2-1-3-8-19/h1-15,18,27,32H,16-17H2,(H,28,34)(H,29,30,33,35)/b27-13?,31-14-. The first-order chi connectivity index (χ1) is 17.8. The van der Waals surface area contributed by atoms with Crippen LogP contribution in [0.15, 0.2) is 90.3 Å². The largest absolute Gasteiger partial charge is 0.351 e. The van der Waals surface area contributed by atoms with Gasteiger partial charge >= 0.3 is 0 Å². The van der Waals surface area contributed by atoms with E-state index in [-0.39, 0.29) is 0 Å². The predicted molar refractivity (Wildman–Crippen MR) is 142 cm³/mol. The summed E-state index contributed by atoms with van der Waals surface area (Å²) in [6.45, 7) is 1.14. The zero-order valence-electron chi connectivity index (χ0n) is 19.3. The Morgan fingerprint density at radius 1 is 0.861 bits per heavy atom. The van der Waals surface area contributed by atoms with Gasteiger partial charge in [0.2, 0.25) is 17.8 Å². The molecular formula is C26H24N10. The SMILES string of the molecule is N=C/C=N\NCc1cccc(Nc2ncnc(-n3c(NCc4ccccc4)nc4ccccc43)n2)c1. The van der Waals surface area contributed by atoms with Gasteiger partial charge in [0.15, 0.2) is 0 Å². The minimum absolute atomic E-state index is 0.415. The van der Waals surface area contributed by atoms with Gasteiger partial charge in [-0.25, -0.2) is 19.5 Å². The van der Waals surface area contributed by atoms with E-state index in [0.717, 1.165) is 34.1 Å². The van der Waals surface area contributed by atoms with Crippen LogP contribution in [-0.2, 0) is 13.1 Å². The Hall–Kier alpha value is -5.12. The number of aromatic nitrogens is 5. The molecule has 0 bridgehead atoms. The number of anilines is 3. The van der Waals surface area contributed by atoms with E-state index in [4.69, 9.17) is 10.4 Å². The van der Waals surface area contributed by atoms with E-state index in [1.165, 1.54) is 12.5 Å². The molecule has 3 aromatic carbocycles. The van der Waals surface area contributed by atoms with Crippen LogP contribution in [0.4, 0.5) is 17.6 Å². The third kappa shape index (κ3) is 5.33. The molecule has 0 saturated heterocycles. The number of nitrogens with one attached hydrogen (secondary N) is 4. The first-order valence-electron chi connectivity index (χ1n) is 11.4. The molecule has 2 heterocycles. The second-order valence-electron chi connectivity index (χ2n) is 7.81. The molecule has 5 rings (SSSR count). The Bertz CT molecular complexity index is 1490. The van der Waals surface area contributed by atoms with E-state index >= 15 is 0 Å². The molecule has 4 N–H and O–H groups in total. The van der Waals surface area contributed by atoms with Gasteiger partial charge in [-0.3, -0.25) is 0 Å². The number of fused-ring (bicyclic) bond motifs is 1. The topological polar surface area (TPSA) is 129 Å². The fraction of sp³-hybridized carbons (Fsp3) is 0.0769. The van der Waals surface area contributed by atoms with Crippen LogP contribution < -0.4 is 16.1 Å². The smallest absolute Gasteiger partial charge is 0.241 e. The summed E-state index contributed by atoms with van der Waals surface area (Å²) in [5.74, 6) is 1.52. The highest BCUT2D eigenvalue weighted by atomic mass is 15.3. The van der Waals surface area contributed by atoms with Gasteiger partial charge in [-0.2, -0.15) is 10.1 Å². The molecular weight excluding hydrogens is 452 g/mol. The molecule has 0 aliphatic heterocycles. The van der Waals surface area contributed by atoms with Crippen molar-refractivity contribution < 1.29 is 0 Å². The van der Waals surface area contributed by atoms with Crippen LogP contribution in [0.1, 0.15) is 11.1 Å². The average Bonchev–Trinajstić information content (AvgIpc) is 3.29. The van der Waals surface area contributed by atoms with Gasteiger partial charge in [-0.1, -0.05) is 54.6 Å². The lowest BCUT2D eigenvalue weighted by Gasteiger charge is -2.11. The Morgan fingerprint density at radius 2 is 1.69 bits per heavy atom. The third-order valence-corrected chi connectivity index (χ3v) is 5.32. The summed E-state index contributed by atoms with van der Waals surface area (Å²) in [4.78, 5) is 18.2. The summed E-state index contributed by atoms with van der Waals surface area (Å²) >= 11 is 0. The Labute approximate surface area is 207 Å². The van der Waals surface area contributed by atoms with Crippen molar-refractivity contribution in [3.05, 3.63) is 96.3 Å². The maximum absolute atomic E-state index is 6.98. The van der Waals surface area contributed by atoms with E-state index < -0.39 is 0 Å². The Morgan fingerprint density at radius 3 is 2.58 bits per heavy atom. The molecule has 0 atom stereocenters. The van der Waals surface area contributed by atoms with Gasteiger partial charge < -0.3 is 21.5 Å². The van der Waals surface area contributed by atoms with Gasteiger partial charge in [0.05, 0.1) is 23.8 Å². The number of benzene rings is 3. The van der Waals surface area contributed by atoms with Crippen LogP contribution in [0.25, 0.3) is 17.0 Å².